The van der Waals surface area contributed by atoms with Crippen LogP contribution in [0.4, 0.5) is 5.69 Å². The van der Waals surface area contributed by atoms with Crippen molar-refractivity contribution in [2.45, 2.75) is 11.3 Å². The Hall–Kier alpha value is -2.25. The predicted octanol–water partition coefficient (Wildman–Crippen LogP) is 3.15. The molecular formula is C20H22N2O3S2. The highest BCUT2D eigenvalue weighted by molar-refractivity contribution is 7.99. The second-order valence-electron chi connectivity index (χ2n) is 6.12. The molecule has 0 saturated carbocycles. The molecule has 142 valence electrons. The average molecular weight is 403 g/mol. The smallest absolute Gasteiger partial charge is 0.244 e. The van der Waals surface area contributed by atoms with E-state index in [-0.39, 0.29) is 11.7 Å². The standard InChI is InChI=1S/C20H22N2O3S2/c23-20(21-13-15-26-19-5-2-1-3-6-19)12-9-17-7-10-18(11-8-17)22-14-4-16-27(22,24)25/h1-3,5-12H,4,13-16H2,(H,21,23)/b12-9+. The molecule has 0 atom stereocenters. The third-order valence-corrected chi connectivity index (χ3v) is 7.00. The molecule has 27 heavy (non-hydrogen) atoms. The van der Waals surface area contributed by atoms with Crippen LogP contribution in [0.15, 0.2) is 65.6 Å². The van der Waals surface area contributed by atoms with Crippen molar-refractivity contribution in [3.05, 3.63) is 66.2 Å². The van der Waals surface area contributed by atoms with Gasteiger partial charge in [-0.3, -0.25) is 9.10 Å². The van der Waals surface area contributed by atoms with Crippen molar-refractivity contribution < 1.29 is 13.2 Å². The number of benzene rings is 2. The Morgan fingerprint density at radius 3 is 2.52 bits per heavy atom. The van der Waals surface area contributed by atoms with E-state index in [1.54, 1.807) is 30.0 Å². The molecule has 2 aromatic rings. The predicted molar refractivity (Wildman–Crippen MR) is 111 cm³/mol. The van der Waals surface area contributed by atoms with Crippen molar-refractivity contribution in [1.82, 2.24) is 5.32 Å². The van der Waals surface area contributed by atoms with E-state index < -0.39 is 10.0 Å². The average Bonchev–Trinajstić information content (AvgIpc) is 3.04. The molecule has 0 spiro atoms. The van der Waals surface area contributed by atoms with Crippen LogP contribution in [0.3, 0.4) is 0 Å². The van der Waals surface area contributed by atoms with Gasteiger partial charge in [0.2, 0.25) is 15.9 Å². The minimum Gasteiger partial charge on any atom is -0.352 e. The fourth-order valence-electron chi connectivity index (χ4n) is 2.77. The third kappa shape index (κ3) is 5.61. The molecule has 1 aliphatic rings. The normalized spacial score (nSPS) is 15.9. The van der Waals surface area contributed by atoms with Crippen molar-refractivity contribution >= 4 is 39.5 Å². The van der Waals surface area contributed by atoms with Crippen LogP contribution in [0.25, 0.3) is 6.08 Å². The zero-order valence-electron chi connectivity index (χ0n) is 14.9. The Morgan fingerprint density at radius 1 is 1.11 bits per heavy atom. The van der Waals surface area contributed by atoms with Crippen LogP contribution in [-0.4, -0.2) is 38.9 Å². The van der Waals surface area contributed by atoms with Gasteiger partial charge in [-0.15, -0.1) is 11.8 Å². The summed E-state index contributed by atoms with van der Waals surface area (Å²) in [5, 5.41) is 2.86. The van der Waals surface area contributed by atoms with Gasteiger partial charge in [-0.05, 0) is 42.3 Å². The summed E-state index contributed by atoms with van der Waals surface area (Å²) in [6.07, 6.45) is 3.88. The third-order valence-electron chi connectivity index (χ3n) is 4.12. The van der Waals surface area contributed by atoms with Crippen molar-refractivity contribution in [2.24, 2.45) is 0 Å². The zero-order chi connectivity index (χ0) is 19.1. The summed E-state index contributed by atoms with van der Waals surface area (Å²) in [5.74, 6) is 0.870. The molecule has 1 fully saturated rings. The first-order valence-corrected chi connectivity index (χ1v) is 11.4. The molecule has 0 aromatic heterocycles. The van der Waals surface area contributed by atoms with E-state index in [4.69, 9.17) is 0 Å². The Bertz CT molecular complexity index is 895. The SMILES string of the molecule is O=C(/C=C/c1ccc(N2CCCS2(=O)=O)cc1)NCCSc1ccccc1. The number of nitrogens with zero attached hydrogens (tertiary/aromatic N) is 1. The number of sulfonamides is 1. The lowest BCUT2D eigenvalue weighted by atomic mass is 10.2. The molecule has 2 aromatic carbocycles. The van der Waals surface area contributed by atoms with Gasteiger partial charge in [0.05, 0.1) is 11.4 Å². The van der Waals surface area contributed by atoms with Crippen LogP contribution >= 0.6 is 11.8 Å². The van der Waals surface area contributed by atoms with Gasteiger partial charge in [-0.1, -0.05) is 30.3 Å². The fraction of sp³-hybridized carbons (Fsp3) is 0.250. The Labute approximate surface area is 164 Å². The quantitative estimate of drug-likeness (QED) is 0.439. The van der Waals surface area contributed by atoms with Crippen molar-refractivity contribution in [1.29, 1.82) is 0 Å². The molecule has 0 radical (unpaired) electrons. The van der Waals surface area contributed by atoms with Crippen LogP contribution in [0, 0.1) is 0 Å². The topological polar surface area (TPSA) is 66.5 Å². The molecule has 1 aliphatic heterocycles. The molecule has 0 bridgehead atoms. The monoisotopic (exact) mass is 402 g/mol. The van der Waals surface area contributed by atoms with Crippen LogP contribution in [0.2, 0.25) is 0 Å². The van der Waals surface area contributed by atoms with Gasteiger partial charge in [0.15, 0.2) is 0 Å². The molecule has 1 N–H and O–H groups in total. The number of carbonyl (C=O) groups is 1. The minimum absolute atomic E-state index is 0.144. The van der Waals surface area contributed by atoms with E-state index in [1.807, 2.05) is 42.5 Å². The van der Waals surface area contributed by atoms with E-state index in [2.05, 4.69) is 5.32 Å². The van der Waals surface area contributed by atoms with Gasteiger partial charge in [-0.25, -0.2) is 8.42 Å². The number of amides is 1. The second kappa shape index (κ2) is 9.10. The number of hydrogen-bond donors (Lipinski definition) is 1. The number of thioether (sulfide) groups is 1. The summed E-state index contributed by atoms with van der Waals surface area (Å²) in [6, 6.07) is 17.2. The van der Waals surface area contributed by atoms with Crippen molar-refractivity contribution in [2.75, 3.05) is 28.9 Å². The van der Waals surface area contributed by atoms with Crippen LogP contribution in [0.1, 0.15) is 12.0 Å². The Kier molecular flexibility index (Phi) is 6.58. The summed E-state index contributed by atoms with van der Waals surface area (Å²) < 4.78 is 25.3. The lowest BCUT2D eigenvalue weighted by molar-refractivity contribution is -0.116. The molecule has 1 heterocycles. The summed E-state index contributed by atoms with van der Waals surface area (Å²) in [6.45, 7) is 1.12. The number of carbonyl (C=O) groups excluding carboxylic acids is 1. The summed E-state index contributed by atoms with van der Waals surface area (Å²) in [7, 11) is -3.16. The number of hydrogen-bond acceptors (Lipinski definition) is 4. The zero-order valence-corrected chi connectivity index (χ0v) is 16.5. The molecule has 1 saturated heterocycles. The minimum atomic E-state index is -3.16. The van der Waals surface area contributed by atoms with Gasteiger partial charge >= 0.3 is 0 Å². The summed E-state index contributed by atoms with van der Waals surface area (Å²) in [4.78, 5) is 13.1. The first-order valence-electron chi connectivity index (χ1n) is 8.79. The van der Waals surface area contributed by atoms with Gasteiger partial charge in [0, 0.05) is 29.8 Å². The highest BCUT2D eigenvalue weighted by Gasteiger charge is 2.28. The fourth-order valence-corrected chi connectivity index (χ4v) is 5.13. The molecular weight excluding hydrogens is 380 g/mol. The molecule has 5 nitrogen and oxygen atoms in total. The highest BCUT2D eigenvalue weighted by Crippen LogP contribution is 2.24. The largest absolute Gasteiger partial charge is 0.352 e. The molecule has 1 amide bonds. The maximum atomic E-state index is 11.9. The maximum Gasteiger partial charge on any atom is 0.244 e. The highest BCUT2D eigenvalue weighted by atomic mass is 32.2. The summed E-state index contributed by atoms with van der Waals surface area (Å²) >= 11 is 1.70. The van der Waals surface area contributed by atoms with E-state index in [9.17, 15) is 13.2 Å². The van der Waals surface area contributed by atoms with Crippen molar-refractivity contribution in [3.63, 3.8) is 0 Å². The van der Waals surface area contributed by atoms with E-state index >= 15 is 0 Å². The first kappa shape index (κ1) is 19.5. The lowest BCUT2D eigenvalue weighted by Gasteiger charge is -2.16. The second-order valence-corrected chi connectivity index (χ2v) is 9.30. The van der Waals surface area contributed by atoms with Crippen molar-refractivity contribution in [3.8, 4) is 0 Å². The van der Waals surface area contributed by atoms with Crippen LogP contribution in [0.5, 0.6) is 0 Å². The first-order chi connectivity index (χ1) is 13.0. The van der Waals surface area contributed by atoms with Gasteiger partial charge < -0.3 is 5.32 Å². The van der Waals surface area contributed by atoms with E-state index in [1.165, 1.54) is 15.3 Å². The lowest BCUT2D eigenvalue weighted by Crippen LogP contribution is -2.24. The molecule has 3 rings (SSSR count). The van der Waals surface area contributed by atoms with Gasteiger partial charge in [0.1, 0.15) is 0 Å². The molecule has 7 heteroatoms. The number of nitrogens with one attached hydrogen (secondary N) is 1. The number of anilines is 1. The number of rotatable bonds is 7. The van der Waals surface area contributed by atoms with E-state index in [0.717, 1.165) is 11.3 Å². The molecule has 0 aliphatic carbocycles. The molecule has 0 unspecified atom stereocenters. The van der Waals surface area contributed by atoms with Crippen LogP contribution in [-0.2, 0) is 14.8 Å². The van der Waals surface area contributed by atoms with Gasteiger partial charge in [-0.2, -0.15) is 0 Å². The maximum absolute atomic E-state index is 11.9. The van der Waals surface area contributed by atoms with Gasteiger partial charge in [0.25, 0.3) is 0 Å². The van der Waals surface area contributed by atoms with E-state index in [0.29, 0.717) is 25.2 Å². The Morgan fingerprint density at radius 2 is 1.85 bits per heavy atom. The Balaban J connectivity index is 1.45. The summed E-state index contributed by atoms with van der Waals surface area (Å²) in [5.41, 5.74) is 1.52. The van der Waals surface area contributed by atoms with Crippen LogP contribution < -0.4 is 9.62 Å².